The number of morpholine rings is 1. The van der Waals surface area contributed by atoms with Crippen molar-refractivity contribution < 1.29 is 67.3 Å². The maximum atomic E-state index is 15.2. The summed E-state index contributed by atoms with van der Waals surface area (Å²) in [5.74, 6) is -9.69. The second kappa shape index (κ2) is 42.3. The molecule has 3 rings (SSSR count). The molecule has 0 unspecified atom stereocenters. The van der Waals surface area contributed by atoms with Crippen LogP contribution in [0.1, 0.15) is 169 Å². The molecule has 0 spiro atoms. The first-order valence-electron chi connectivity index (χ1n) is 36.3. The van der Waals surface area contributed by atoms with Crippen molar-refractivity contribution in [1.82, 2.24) is 81.1 Å². The van der Waals surface area contributed by atoms with Gasteiger partial charge < -0.3 is 70.6 Å². The molecule has 0 bridgehead atoms. The number of aliphatic hydroxyl groups excluding tert-OH is 1. The first kappa shape index (κ1) is 88.6. The maximum absolute atomic E-state index is 15.2. The van der Waals surface area contributed by atoms with Gasteiger partial charge in [-0.2, -0.15) is 0 Å². The highest BCUT2D eigenvalue weighted by atomic mass is 32.2. The van der Waals surface area contributed by atoms with E-state index in [0.717, 1.165) is 31.0 Å². The van der Waals surface area contributed by atoms with Gasteiger partial charge in [0, 0.05) is 74.8 Å². The fraction of sp³-hybridized carbons (Fsp3) is 0.829. The van der Waals surface area contributed by atoms with E-state index in [2.05, 4.69) is 47.0 Å². The molecule has 101 heavy (non-hydrogen) atoms. The maximum Gasteiger partial charge on any atom is 0.246 e. The van der Waals surface area contributed by atoms with Crippen molar-refractivity contribution in [3.05, 3.63) is 0 Å². The van der Waals surface area contributed by atoms with Crippen LogP contribution < -0.4 is 26.6 Å². The van der Waals surface area contributed by atoms with Crippen LogP contribution in [-0.2, 0) is 69.3 Å². The molecular weight excluding hydrogens is 1320 g/mol. The van der Waals surface area contributed by atoms with Gasteiger partial charge in [0.05, 0.1) is 25.4 Å². The second-order valence-electron chi connectivity index (χ2n) is 29.7. The number of nitrogens with one attached hydrogen (secondary N) is 5. The number of aliphatic hydroxyl groups is 1. The third-order valence-electron chi connectivity index (χ3n) is 19.3. The molecule has 576 valence electrons. The zero-order chi connectivity index (χ0) is 76.6. The zero-order valence-electron chi connectivity index (χ0n) is 64.9. The number of amides is 11. The molecule has 31 heteroatoms. The van der Waals surface area contributed by atoms with E-state index in [9.17, 15) is 29.1 Å². The van der Waals surface area contributed by atoms with Gasteiger partial charge in [-0.05, 0) is 132 Å². The van der Waals surface area contributed by atoms with Crippen LogP contribution in [0.2, 0.25) is 0 Å². The molecule has 11 amide bonds. The van der Waals surface area contributed by atoms with Crippen molar-refractivity contribution in [3.8, 4) is 0 Å². The number of carbonyl (C=O) groups excluding carboxylic acids is 11. The lowest BCUT2D eigenvalue weighted by molar-refractivity contribution is -0.154. The Kier molecular flexibility index (Phi) is 37.1. The lowest BCUT2D eigenvalue weighted by atomic mass is 9.91. The van der Waals surface area contributed by atoms with Gasteiger partial charge in [-0.15, -0.1) is 5.10 Å². The fourth-order valence-electron chi connectivity index (χ4n) is 12.8. The number of ether oxygens (including phenoxy) is 2. The Labute approximate surface area is 605 Å². The Balaban J connectivity index is 2.28. The molecule has 30 nitrogen and oxygen atoms in total. The van der Waals surface area contributed by atoms with Gasteiger partial charge in [0.15, 0.2) is 0 Å². The standard InChI is InChI=1S/C70H126N16O14S/c1-24-50-66(95)79(17)48(15)65(94)84(22)57(49(16)100-33-27-26-30-86-31-34-99-35-32-86)63(92)74-54(43(8)9)69(98)80(18)51(37-40(2)3)60(89)71-46(13)59(88)72-47(14)64(93)81(19)52(38-41(4)5)67(96)82(20)53(39-42(6)7)68(97)83(21)56(44(10)11)62(91)75-55(61(90)73-50)58(87)45(12)29-25-28-36-101-70-76-77-78-85(70)23/h40-58,87H,24-39H2,1-23H3,(H,71,89)(H,72,88)(H,73,90)(H,74,92)(H,75,91)/t45-,46+,47-,48-,49-,50+,51+,52+,53+,54+,55+,56+,57+,58-/m1/s1. The molecule has 14 atom stereocenters. The third-order valence-corrected chi connectivity index (χ3v) is 20.4. The Morgan fingerprint density at radius 1 is 0.525 bits per heavy atom. The van der Waals surface area contributed by atoms with Crippen LogP contribution in [0.25, 0.3) is 0 Å². The molecule has 2 aliphatic heterocycles. The number of aromatic nitrogens is 4. The van der Waals surface area contributed by atoms with Gasteiger partial charge in [-0.25, -0.2) is 4.68 Å². The number of likely N-dealkylation sites (N-methyl/N-ethyl adjacent to an activating group) is 6. The molecule has 2 saturated heterocycles. The van der Waals surface area contributed by atoms with Gasteiger partial charge in [-0.1, -0.05) is 101 Å². The monoisotopic (exact) mass is 1450 g/mol. The van der Waals surface area contributed by atoms with Crippen molar-refractivity contribution in [2.45, 2.75) is 252 Å². The summed E-state index contributed by atoms with van der Waals surface area (Å²) in [4.78, 5) is 173. The van der Waals surface area contributed by atoms with Gasteiger partial charge in [0.2, 0.25) is 70.1 Å². The van der Waals surface area contributed by atoms with Crippen molar-refractivity contribution in [2.24, 2.45) is 42.6 Å². The van der Waals surface area contributed by atoms with Crippen LogP contribution in [0.4, 0.5) is 0 Å². The van der Waals surface area contributed by atoms with Crippen LogP contribution >= 0.6 is 11.8 Å². The van der Waals surface area contributed by atoms with E-state index in [0.29, 0.717) is 49.8 Å². The largest absolute Gasteiger partial charge is 0.390 e. The van der Waals surface area contributed by atoms with Gasteiger partial charge in [-0.3, -0.25) is 57.6 Å². The first-order valence-corrected chi connectivity index (χ1v) is 37.3. The number of hydrogen-bond donors (Lipinski definition) is 6. The van der Waals surface area contributed by atoms with Crippen molar-refractivity contribution in [1.29, 1.82) is 0 Å². The average molecular weight is 1450 g/mol. The average Bonchev–Trinajstić information content (AvgIpc) is 1.07. The summed E-state index contributed by atoms with van der Waals surface area (Å²) < 4.78 is 13.4. The van der Waals surface area contributed by atoms with Crippen molar-refractivity contribution >= 4 is 76.7 Å². The smallest absolute Gasteiger partial charge is 0.246 e. The van der Waals surface area contributed by atoms with E-state index in [-0.39, 0.29) is 50.0 Å². The lowest BCUT2D eigenvalue weighted by Gasteiger charge is -2.40. The van der Waals surface area contributed by atoms with Crippen LogP contribution in [0.5, 0.6) is 0 Å². The number of thioether (sulfide) groups is 1. The van der Waals surface area contributed by atoms with Crippen LogP contribution in [0, 0.1) is 35.5 Å². The Morgan fingerprint density at radius 3 is 1.57 bits per heavy atom. The van der Waals surface area contributed by atoms with E-state index < -0.39 is 161 Å². The van der Waals surface area contributed by atoms with Crippen LogP contribution in [-0.4, -0.2) is 291 Å². The minimum absolute atomic E-state index is 0.0265. The molecule has 0 aliphatic carbocycles. The highest BCUT2D eigenvalue weighted by Gasteiger charge is 2.45. The Bertz CT molecular complexity index is 2880. The van der Waals surface area contributed by atoms with E-state index in [4.69, 9.17) is 9.47 Å². The molecular formula is C70H126N16O14S. The molecule has 1 aromatic heterocycles. The fourth-order valence-corrected chi connectivity index (χ4v) is 13.6. The SMILES string of the molecule is CC[C@@H]1NC(=O)[C@H]([C@H](O)[C@H](C)CCCCSc2nnnn2C)NC(=O)[C@H](C(C)C)N(C)C(=O)[C@H](CC(C)C)N(C)C(=O)[C@H](CC(C)C)N(C)C(=O)[C@@H](C)NC(=O)[C@H](C)NC(=O)[C@H](CC(C)C)N(C)C(=O)[C@H](C(C)C)NC(=O)[C@H]([C@@H](C)OCCCCN2CCOCC2)N(C)C(=O)[C@@H](C)N(C)C1=O. The van der Waals surface area contributed by atoms with Crippen LogP contribution in [0.3, 0.4) is 0 Å². The minimum Gasteiger partial charge on any atom is -0.390 e. The third kappa shape index (κ3) is 26.0. The van der Waals surface area contributed by atoms with Gasteiger partial charge in [0.1, 0.15) is 66.5 Å². The number of carbonyl (C=O) groups is 11. The summed E-state index contributed by atoms with van der Waals surface area (Å²) in [5.41, 5.74) is 0. The highest BCUT2D eigenvalue weighted by Crippen LogP contribution is 2.26. The number of rotatable bonds is 24. The van der Waals surface area contributed by atoms with E-state index >= 15 is 28.8 Å². The second-order valence-corrected chi connectivity index (χ2v) is 30.8. The van der Waals surface area contributed by atoms with E-state index in [1.54, 1.807) is 60.2 Å². The lowest BCUT2D eigenvalue weighted by Crippen LogP contribution is -2.64. The number of unbranched alkanes of at least 4 members (excludes halogenated alkanes) is 2. The summed E-state index contributed by atoms with van der Waals surface area (Å²) in [7, 11) is 10.2. The summed E-state index contributed by atoms with van der Waals surface area (Å²) in [5, 5.41) is 38.4. The molecule has 2 aliphatic rings. The van der Waals surface area contributed by atoms with Crippen molar-refractivity contribution in [2.75, 3.05) is 87.5 Å². The predicted molar refractivity (Wildman–Crippen MR) is 385 cm³/mol. The van der Waals surface area contributed by atoms with Gasteiger partial charge in [0.25, 0.3) is 0 Å². The number of hydrogen-bond acceptors (Lipinski definition) is 19. The zero-order valence-corrected chi connectivity index (χ0v) is 65.7. The quantitative estimate of drug-likeness (QED) is 0.0639. The summed E-state index contributed by atoms with van der Waals surface area (Å²) >= 11 is 1.45. The number of aryl methyl sites for hydroxylation is 1. The molecule has 0 aromatic carbocycles. The molecule has 2 fully saturated rings. The number of tetrazole rings is 1. The molecule has 6 N–H and O–H groups in total. The minimum atomic E-state index is -1.72. The van der Waals surface area contributed by atoms with Crippen molar-refractivity contribution in [3.63, 3.8) is 0 Å². The van der Waals surface area contributed by atoms with E-state index in [1.165, 1.54) is 99.3 Å². The normalized spacial score (nSPS) is 26.5. The van der Waals surface area contributed by atoms with Crippen LogP contribution in [0.15, 0.2) is 5.16 Å². The predicted octanol–water partition coefficient (Wildman–Crippen LogP) is 2.31. The number of nitrogens with zero attached hydrogens (tertiary/aromatic N) is 11. The topological polar surface area (TPSA) is 353 Å². The van der Waals surface area contributed by atoms with Gasteiger partial charge >= 0.3 is 0 Å². The molecule has 0 saturated carbocycles. The first-order chi connectivity index (χ1) is 47.2. The summed E-state index contributed by atoms with van der Waals surface area (Å²) in [6.45, 7) is 31.3. The van der Waals surface area contributed by atoms with E-state index in [1.807, 2.05) is 41.5 Å². The Hall–Kier alpha value is -6.57. The Morgan fingerprint density at radius 2 is 1.04 bits per heavy atom. The molecule has 3 heterocycles. The molecule has 1 aromatic rings. The summed E-state index contributed by atoms with van der Waals surface area (Å²) in [6.07, 6.45) is 0.821. The highest BCUT2D eigenvalue weighted by molar-refractivity contribution is 7.99. The summed E-state index contributed by atoms with van der Waals surface area (Å²) in [6, 6.07) is -14.4. The molecule has 0 radical (unpaired) electrons.